The molecule has 8 heteroatoms. The van der Waals surface area contributed by atoms with Crippen LogP contribution in [0.5, 0.6) is 11.5 Å². The Kier molecular flexibility index (Phi) is 8.32. The average Bonchev–Trinajstić information content (AvgIpc) is 3.45. The Balaban J connectivity index is 1.32. The van der Waals surface area contributed by atoms with Gasteiger partial charge in [0.05, 0.1) is 12.1 Å². The number of hydrogen-bond donors (Lipinski definition) is 1. The van der Waals surface area contributed by atoms with Crippen LogP contribution in [0.1, 0.15) is 34.7 Å². The third-order valence-electron chi connectivity index (χ3n) is 5.49. The standard InChI is InChI=1S/C28H26N2O6/c1-33-29-27(22-5-3-2-4-6-22)19-35-23-11-7-20(8-12-23)18-34-24-13-9-21(10-14-24)25(17-28(31)32)26-15-16-36-30-26/h2-16,25H,17-19H2,1H3,(H,31,32)/b29-27+. The molecule has 0 aliphatic carbocycles. The van der Waals surface area contributed by atoms with Crippen molar-refractivity contribution >= 4 is 11.7 Å². The molecule has 0 fully saturated rings. The maximum Gasteiger partial charge on any atom is 0.304 e. The van der Waals surface area contributed by atoms with E-state index >= 15 is 0 Å². The largest absolute Gasteiger partial charge is 0.489 e. The van der Waals surface area contributed by atoms with Gasteiger partial charge in [-0.15, -0.1) is 0 Å². The van der Waals surface area contributed by atoms with Crippen molar-refractivity contribution < 1.29 is 28.7 Å². The molecular formula is C28H26N2O6. The summed E-state index contributed by atoms with van der Waals surface area (Å²) in [6.45, 7) is 0.652. The molecule has 0 spiro atoms. The monoisotopic (exact) mass is 486 g/mol. The molecule has 4 rings (SSSR count). The Bertz CT molecular complexity index is 1250. The summed E-state index contributed by atoms with van der Waals surface area (Å²) in [5, 5.41) is 17.2. The van der Waals surface area contributed by atoms with E-state index in [0.29, 0.717) is 29.5 Å². The highest BCUT2D eigenvalue weighted by molar-refractivity contribution is 6.01. The second-order valence-corrected chi connectivity index (χ2v) is 7.95. The number of hydrogen-bond acceptors (Lipinski definition) is 7. The van der Waals surface area contributed by atoms with Crippen molar-refractivity contribution in [3.05, 3.63) is 114 Å². The van der Waals surface area contributed by atoms with Crippen molar-refractivity contribution in [1.29, 1.82) is 0 Å². The minimum Gasteiger partial charge on any atom is -0.489 e. The normalized spacial score (nSPS) is 12.1. The molecule has 184 valence electrons. The Morgan fingerprint density at radius 2 is 1.64 bits per heavy atom. The van der Waals surface area contributed by atoms with Gasteiger partial charge in [-0.1, -0.05) is 64.9 Å². The van der Waals surface area contributed by atoms with Crippen LogP contribution < -0.4 is 9.47 Å². The molecule has 4 aromatic rings. The fourth-order valence-corrected chi connectivity index (χ4v) is 3.67. The number of rotatable bonds is 12. The minimum atomic E-state index is -0.905. The number of carboxylic acid groups (broad SMARTS) is 1. The molecule has 0 aliphatic rings. The predicted molar refractivity (Wildman–Crippen MR) is 133 cm³/mol. The topological polar surface area (TPSA) is 103 Å². The summed E-state index contributed by atoms with van der Waals surface area (Å²) < 4.78 is 16.7. The average molecular weight is 487 g/mol. The molecule has 1 unspecified atom stereocenters. The van der Waals surface area contributed by atoms with Crippen LogP contribution >= 0.6 is 0 Å². The third-order valence-corrected chi connectivity index (χ3v) is 5.49. The highest BCUT2D eigenvalue weighted by Crippen LogP contribution is 2.28. The highest BCUT2D eigenvalue weighted by Gasteiger charge is 2.20. The van der Waals surface area contributed by atoms with Gasteiger partial charge in [-0.3, -0.25) is 4.79 Å². The first-order chi connectivity index (χ1) is 17.6. The van der Waals surface area contributed by atoms with Gasteiger partial charge < -0.3 is 23.9 Å². The summed E-state index contributed by atoms with van der Waals surface area (Å²) in [4.78, 5) is 16.2. The zero-order valence-corrected chi connectivity index (χ0v) is 19.7. The molecule has 0 aliphatic heterocycles. The van der Waals surface area contributed by atoms with Gasteiger partial charge in [0.2, 0.25) is 0 Å². The first kappa shape index (κ1) is 24.5. The van der Waals surface area contributed by atoms with Crippen molar-refractivity contribution in [2.45, 2.75) is 18.9 Å². The van der Waals surface area contributed by atoms with Gasteiger partial charge in [0.1, 0.15) is 43.8 Å². The minimum absolute atomic E-state index is 0.0781. The summed E-state index contributed by atoms with van der Waals surface area (Å²) in [7, 11) is 1.51. The molecule has 1 atom stereocenters. The number of benzene rings is 3. The quantitative estimate of drug-likeness (QED) is 0.214. The lowest BCUT2D eigenvalue weighted by Gasteiger charge is -2.13. The summed E-state index contributed by atoms with van der Waals surface area (Å²) >= 11 is 0. The van der Waals surface area contributed by atoms with Crippen LogP contribution in [0.4, 0.5) is 0 Å². The van der Waals surface area contributed by atoms with E-state index in [9.17, 15) is 9.90 Å². The number of aromatic nitrogens is 1. The van der Waals surface area contributed by atoms with E-state index in [-0.39, 0.29) is 18.9 Å². The Hall–Kier alpha value is -4.59. The number of oxime groups is 1. The predicted octanol–water partition coefficient (Wildman–Crippen LogP) is 5.29. The van der Waals surface area contributed by atoms with Crippen LogP contribution in [0, 0.1) is 0 Å². The first-order valence-electron chi connectivity index (χ1n) is 11.3. The number of carboxylic acids is 1. The molecule has 36 heavy (non-hydrogen) atoms. The van der Waals surface area contributed by atoms with Crippen molar-refractivity contribution in [2.75, 3.05) is 13.7 Å². The van der Waals surface area contributed by atoms with E-state index in [1.807, 2.05) is 78.9 Å². The zero-order valence-electron chi connectivity index (χ0n) is 19.7. The van der Waals surface area contributed by atoms with Gasteiger partial charge >= 0.3 is 5.97 Å². The van der Waals surface area contributed by atoms with E-state index < -0.39 is 5.97 Å². The molecule has 8 nitrogen and oxygen atoms in total. The van der Waals surface area contributed by atoms with E-state index in [4.69, 9.17) is 18.8 Å². The van der Waals surface area contributed by atoms with Crippen molar-refractivity contribution in [3.8, 4) is 11.5 Å². The Morgan fingerprint density at radius 3 is 2.28 bits per heavy atom. The Labute approximate surface area is 208 Å². The molecule has 0 bridgehead atoms. The maximum atomic E-state index is 11.3. The number of nitrogens with zero attached hydrogens (tertiary/aromatic N) is 2. The SMILES string of the molecule is CO/N=C(\COc1ccc(COc2ccc(C(CC(=O)O)c3ccon3)cc2)cc1)c1ccccc1. The smallest absolute Gasteiger partial charge is 0.304 e. The van der Waals surface area contributed by atoms with Gasteiger partial charge in [-0.2, -0.15) is 0 Å². The molecule has 0 amide bonds. The van der Waals surface area contributed by atoms with E-state index in [0.717, 1.165) is 16.7 Å². The van der Waals surface area contributed by atoms with Crippen LogP contribution in [0.2, 0.25) is 0 Å². The van der Waals surface area contributed by atoms with Gasteiger partial charge in [-0.05, 0) is 35.4 Å². The number of carbonyl (C=O) groups is 1. The molecular weight excluding hydrogens is 460 g/mol. The molecule has 0 saturated heterocycles. The lowest BCUT2D eigenvalue weighted by atomic mass is 9.92. The highest BCUT2D eigenvalue weighted by atomic mass is 16.6. The lowest BCUT2D eigenvalue weighted by Crippen LogP contribution is -2.13. The zero-order chi connectivity index (χ0) is 25.2. The lowest BCUT2D eigenvalue weighted by molar-refractivity contribution is -0.137. The van der Waals surface area contributed by atoms with Crippen LogP contribution in [-0.4, -0.2) is 35.7 Å². The van der Waals surface area contributed by atoms with Gasteiger partial charge in [-0.25, -0.2) is 0 Å². The van der Waals surface area contributed by atoms with Crippen LogP contribution in [0.25, 0.3) is 0 Å². The summed E-state index contributed by atoms with van der Waals surface area (Å²) in [5.74, 6) is 0.0916. The van der Waals surface area contributed by atoms with Crippen molar-refractivity contribution in [2.24, 2.45) is 5.16 Å². The van der Waals surface area contributed by atoms with Crippen molar-refractivity contribution in [1.82, 2.24) is 5.16 Å². The molecule has 1 heterocycles. The molecule has 1 N–H and O–H groups in total. The molecule has 0 radical (unpaired) electrons. The molecule has 1 aromatic heterocycles. The number of ether oxygens (including phenoxy) is 2. The molecule has 0 saturated carbocycles. The van der Waals surface area contributed by atoms with E-state index in [1.54, 1.807) is 6.07 Å². The fraction of sp³-hybridized carbons (Fsp3) is 0.179. The van der Waals surface area contributed by atoms with E-state index in [1.165, 1.54) is 13.4 Å². The fourth-order valence-electron chi connectivity index (χ4n) is 3.67. The van der Waals surface area contributed by atoms with Gasteiger partial charge in [0.15, 0.2) is 0 Å². The summed E-state index contributed by atoms with van der Waals surface area (Å²) in [5.41, 5.74) is 4.02. The van der Waals surface area contributed by atoms with E-state index in [2.05, 4.69) is 10.3 Å². The maximum absolute atomic E-state index is 11.3. The van der Waals surface area contributed by atoms with Crippen LogP contribution in [0.3, 0.4) is 0 Å². The van der Waals surface area contributed by atoms with Crippen molar-refractivity contribution in [3.63, 3.8) is 0 Å². The van der Waals surface area contributed by atoms with Crippen LogP contribution in [0.15, 0.2) is 101 Å². The summed E-state index contributed by atoms with van der Waals surface area (Å²) in [6, 6.07) is 26.4. The Morgan fingerprint density at radius 1 is 0.944 bits per heavy atom. The summed E-state index contributed by atoms with van der Waals surface area (Å²) in [6.07, 6.45) is 1.36. The third kappa shape index (κ3) is 6.73. The van der Waals surface area contributed by atoms with Gasteiger partial charge in [0.25, 0.3) is 0 Å². The number of aliphatic carboxylic acids is 1. The molecule has 3 aromatic carbocycles. The van der Waals surface area contributed by atoms with Gasteiger partial charge in [0, 0.05) is 17.5 Å². The second kappa shape index (κ2) is 12.2. The van der Waals surface area contributed by atoms with Crippen LogP contribution in [-0.2, 0) is 16.2 Å². The first-order valence-corrected chi connectivity index (χ1v) is 11.3. The second-order valence-electron chi connectivity index (χ2n) is 7.95.